The van der Waals surface area contributed by atoms with Gasteiger partial charge in [-0.25, -0.2) is 4.79 Å². The highest BCUT2D eigenvalue weighted by molar-refractivity contribution is 5.89. The van der Waals surface area contributed by atoms with E-state index in [1.807, 2.05) is 12.1 Å². The minimum absolute atomic E-state index is 0. The normalized spacial score (nSPS) is 9.20. The topological polar surface area (TPSA) is 52.3 Å². The molecule has 0 amide bonds. The molecule has 0 bridgehead atoms. The number of methoxy groups -OCH3 is 1. The van der Waals surface area contributed by atoms with Crippen LogP contribution in [0.4, 0.5) is 0 Å². The van der Waals surface area contributed by atoms with Gasteiger partial charge in [0, 0.05) is 0 Å². The Morgan fingerprint density at radius 3 is 2.40 bits per heavy atom. The number of hydrogen-bond acceptors (Lipinski definition) is 3. The lowest BCUT2D eigenvalue weighted by molar-refractivity contribution is 0.0600. The Hall–Kier alpha value is -1.06. The molecule has 3 nitrogen and oxygen atoms in total. The van der Waals surface area contributed by atoms with Gasteiger partial charge in [-0.15, -0.1) is 12.4 Å². The van der Waals surface area contributed by atoms with Gasteiger partial charge in [0.2, 0.25) is 0 Å². The molecule has 0 atom stereocenters. The number of nitrogens with two attached hydrogens (primary N) is 1. The van der Waals surface area contributed by atoms with Gasteiger partial charge in [0.1, 0.15) is 0 Å². The van der Waals surface area contributed by atoms with E-state index in [4.69, 9.17) is 5.73 Å². The summed E-state index contributed by atoms with van der Waals surface area (Å²) in [6, 6.07) is 7.42. The van der Waals surface area contributed by atoms with Crippen LogP contribution in [0.5, 0.6) is 0 Å². The molecule has 0 radical (unpaired) electrons. The minimum atomic E-state index is -0.296. The quantitative estimate of drug-likeness (QED) is 0.801. The summed E-state index contributed by atoms with van der Waals surface area (Å²) in [6.07, 6.45) is 1.93. The van der Waals surface area contributed by atoms with Gasteiger partial charge >= 0.3 is 5.97 Å². The molecule has 2 N–H and O–H groups in total. The predicted molar refractivity (Wildman–Crippen MR) is 62.4 cm³/mol. The lowest BCUT2D eigenvalue weighted by atomic mass is 10.1. The fourth-order valence-corrected chi connectivity index (χ4v) is 1.23. The van der Waals surface area contributed by atoms with E-state index in [2.05, 4.69) is 4.74 Å². The van der Waals surface area contributed by atoms with Gasteiger partial charge in [-0.05, 0) is 37.1 Å². The highest BCUT2D eigenvalue weighted by Crippen LogP contribution is 2.07. The molecule has 0 saturated carbocycles. The molecule has 84 valence electrons. The molecule has 0 fully saturated rings. The second-order valence-electron chi connectivity index (χ2n) is 3.08. The van der Waals surface area contributed by atoms with Crippen LogP contribution in [-0.2, 0) is 11.2 Å². The lowest BCUT2D eigenvalue weighted by Crippen LogP contribution is -2.02. The van der Waals surface area contributed by atoms with Crippen LogP contribution in [0.2, 0.25) is 0 Å². The maximum Gasteiger partial charge on any atom is 0.337 e. The lowest BCUT2D eigenvalue weighted by Gasteiger charge is -2.01. The van der Waals surface area contributed by atoms with E-state index in [-0.39, 0.29) is 18.4 Å². The predicted octanol–water partition coefficient (Wildman–Crippen LogP) is 1.79. The summed E-state index contributed by atoms with van der Waals surface area (Å²) in [5, 5.41) is 0. The number of carbonyl (C=O) groups is 1. The van der Waals surface area contributed by atoms with Crippen LogP contribution in [0.3, 0.4) is 0 Å². The molecular weight excluding hydrogens is 214 g/mol. The molecule has 15 heavy (non-hydrogen) atoms. The van der Waals surface area contributed by atoms with E-state index in [0.29, 0.717) is 12.1 Å². The Labute approximate surface area is 96.0 Å². The van der Waals surface area contributed by atoms with E-state index in [9.17, 15) is 4.79 Å². The third kappa shape index (κ3) is 4.32. The molecule has 0 saturated heterocycles. The first-order chi connectivity index (χ1) is 6.77. The molecule has 0 aliphatic carbocycles. The van der Waals surface area contributed by atoms with Crippen molar-refractivity contribution < 1.29 is 9.53 Å². The van der Waals surface area contributed by atoms with E-state index < -0.39 is 0 Å². The number of benzene rings is 1. The fourth-order valence-electron chi connectivity index (χ4n) is 1.23. The van der Waals surface area contributed by atoms with Gasteiger partial charge in [-0.2, -0.15) is 0 Å². The van der Waals surface area contributed by atoms with Gasteiger partial charge in [-0.3, -0.25) is 0 Å². The van der Waals surface area contributed by atoms with Gasteiger partial charge in [0.05, 0.1) is 12.7 Å². The van der Waals surface area contributed by atoms with Crippen LogP contribution < -0.4 is 5.73 Å². The van der Waals surface area contributed by atoms with Crippen LogP contribution in [-0.4, -0.2) is 19.6 Å². The third-order valence-corrected chi connectivity index (χ3v) is 2.04. The summed E-state index contributed by atoms with van der Waals surface area (Å²) in [5.74, 6) is -0.296. The summed E-state index contributed by atoms with van der Waals surface area (Å²) in [4.78, 5) is 11.1. The van der Waals surface area contributed by atoms with Gasteiger partial charge < -0.3 is 10.5 Å². The zero-order chi connectivity index (χ0) is 10.4. The first kappa shape index (κ1) is 13.9. The van der Waals surface area contributed by atoms with E-state index in [1.54, 1.807) is 12.1 Å². The number of rotatable bonds is 4. The number of halogens is 1. The first-order valence-electron chi connectivity index (χ1n) is 4.65. The molecule has 0 aromatic heterocycles. The smallest absolute Gasteiger partial charge is 0.337 e. The second-order valence-corrected chi connectivity index (χ2v) is 3.08. The number of ether oxygens (including phenoxy) is 1. The van der Waals surface area contributed by atoms with Crippen molar-refractivity contribution in [2.45, 2.75) is 12.8 Å². The zero-order valence-corrected chi connectivity index (χ0v) is 9.55. The van der Waals surface area contributed by atoms with Crippen LogP contribution in [0, 0.1) is 0 Å². The molecule has 1 aromatic carbocycles. The monoisotopic (exact) mass is 229 g/mol. The van der Waals surface area contributed by atoms with Crippen LogP contribution in [0.1, 0.15) is 22.3 Å². The first-order valence-corrected chi connectivity index (χ1v) is 4.65. The highest BCUT2D eigenvalue weighted by atomic mass is 35.5. The molecule has 1 rings (SSSR count). The summed E-state index contributed by atoms with van der Waals surface area (Å²) >= 11 is 0. The Bertz CT molecular complexity index is 298. The molecule has 0 heterocycles. The average molecular weight is 230 g/mol. The second kappa shape index (κ2) is 7.26. The Kier molecular flexibility index (Phi) is 6.75. The van der Waals surface area contributed by atoms with Crippen LogP contribution in [0.15, 0.2) is 24.3 Å². The Morgan fingerprint density at radius 1 is 1.33 bits per heavy atom. The Morgan fingerprint density at radius 2 is 1.93 bits per heavy atom. The van der Waals surface area contributed by atoms with Crippen molar-refractivity contribution in [2.75, 3.05) is 13.7 Å². The molecule has 0 aliphatic heterocycles. The zero-order valence-electron chi connectivity index (χ0n) is 8.73. The standard InChI is InChI=1S/C11H15NO2.ClH/c1-14-11(13)10-6-4-9(5-7-10)3-2-8-12;/h4-7H,2-3,8,12H2,1H3;1H. The number of aryl methyl sites for hydroxylation is 1. The van der Waals surface area contributed by atoms with E-state index >= 15 is 0 Å². The molecule has 0 unspecified atom stereocenters. The van der Waals surface area contributed by atoms with Crippen molar-refractivity contribution in [3.8, 4) is 0 Å². The Balaban J connectivity index is 0.00000196. The SMILES string of the molecule is COC(=O)c1ccc(CCCN)cc1.Cl. The summed E-state index contributed by atoms with van der Waals surface area (Å²) in [5.41, 5.74) is 7.19. The van der Waals surface area contributed by atoms with Gasteiger partial charge in [0.25, 0.3) is 0 Å². The molecule has 1 aromatic rings. The van der Waals surface area contributed by atoms with Crippen molar-refractivity contribution in [2.24, 2.45) is 5.73 Å². The van der Waals surface area contributed by atoms with E-state index in [1.165, 1.54) is 12.7 Å². The van der Waals surface area contributed by atoms with Gasteiger partial charge in [-0.1, -0.05) is 12.1 Å². The number of carbonyl (C=O) groups excluding carboxylic acids is 1. The summed E-state index contributed by atoms with van der Waals surface area (Å²) < 4.78 is 4.60. The average Bonchev–Trinajstić information content (AvgIpc) is 2.26. The van der Waals surface area contributed by atoms with Crippen molar-refractivity contribution >= 4 is 18.4 Å². The van der Waals surface area contributed by atoms with E-state index in [0.717, 1.165) is 12.8 Å². The molecule has 0 aliphatic rings. The summed E-state index contributed by atoms with van der Waals surface area (Å²) in [7, 11) is 1.38. The maximum atomic E-state index is 11.1. The number of esters is 1. The third-order valence-electron chi connectivity index (χ3n) is 2.04. The van der Waals surface area contributed by atoms with Crippen molar-refractivity contribution in [1.82, 2.24) is 0 Å². The molecular formula is C11H16ClNO2. The van der Waals surface area contributed by atoms with Gasteiger partial charge in [0.15, 0.2) is 0 Å². The van der Waals surface area contributed by atoms with Crippen molar-refractivity contribution in [3.05, 3.63) is 35.4 Å². The van der Waals surface area contributed by atoms with Crippen molar-refractivity contribution in [1.29, 1.82) is 0 Å². The largest absolute Gasteiger partial charge is 0.465 e. The minimum Gasteiger partial charge on any atom is -0.465 e. The van der Waals surface area contributed by atoms with Crippen LogP contribution in [0.25, 0.3) is 0 Å². The molecule has 0 spiro atoms. The highest BCUT2D eigenvalue weighted by Gasteiger charge is 2.03. The fraction of sp³-hybridized carbons (Fsp3) is 0.364. The number of hydrogen-bond donors (Lipinski definition) is 1. The molecule has 4 heteroatoms. The summed E-state index contributed by atoms with van der Waals surface area (Å²) in [6.45, 7) is 0.693. The van der Waals surface area contributed by atoms with Crippen molar-refractivity contribution in [3.63, 3.8) is 0 Å². The van der Waals surface area contributed by atoms with Crippen LogP contribution >= 0.6 is 12.4 Å². The maximum absolute atomic E-state index is 11.1.